The molecule has 2 aromatic carbocycles. The van der Waals surface area contributed by atoms with E-state index in [2.05, 4.69) is 51.2 Å². The van der Waals surface area contributed by atoms with Crippen LogP contribution in [0.2, 0.25) is 0 Å². The summed E-state index contributed by atoms with van der Waals surface area (Å²) in [4.78, 5) is 8.93. The average molecular weight is 333 g/mol. The molecule has 25 heavy (non-hydrogen) atoms. The largest absolute Gasteiger partial charge is 0.354 e. The highest BCUT2D eigenvalue weighted by Crippen LogP contribution is 2.16. The number of rotatable bonds is 7. The van der Waals surface area contributed by atoms with Gasteiger partial charge in [-0.05, 0) is 18.1 Å². The maximum atomic E-state index is 4.71. The summed E-state index contributed by atoms with van der Waals surface area (Å²) in [6, 6.07) is 20.7. The summed E-state index contributed by atoms with van der Waals surface area (Å²) in [7, 11) is 2.02. The fraction of sp³-hybridized carbons (Fsp3) is 0.250. The van der Waals surface area contributed by atoms with Gasteiger partial charge in [-0.25, -0.2) is 0 Å². The third kappa shape index (κ3) is 4.53. The Bertz CT molecular complexity index is 776. The van der Waals surface area contributed by atoms with Crippen molar-refractivity contribution in [2.75, 3.05) is 23.4 Å². The summed E-state index contributed by atoms with van der Waals surface area (Å²) < 4.78 is 0. The Morgan fingerprint density at radius 1 is 0.840 bits per heavy atom. The molecule has 0 amide bonds. The molecule has 0 aliphatic heterocycles. The number of hydrogen-bond acceptors (Lipinski definition) is 5. The first-order valence-electron chi connectivity index (χ1n) is 8.50. The van der Waals surface area contributed by atoms with Crippen molar-refractivity contribution in [2.45, 2.75) is 20.0 Å². The molecule has 3 aromatic rings. The molecule has 0 N–H and O–H groups in total. The van der Waals surface area contributed by atoms with Crippen molar-refractivity contribution in [3.05, 3.63) is 78.0 Å². The highest BCUT2D eigenvalue weighted by molar-refractivity contribution is 5.42. The van der Waals surface area contributed by atoms with Gasteiger partial charge in [0.2, 0.25) is 5.95 Å². The molecule has 0 aliphatic rings. The van der Waals surface area contributed by atoms with Gasteiger partial charge in [-0.3, -0.25) is 0 Å². The number of anilines is 2. The van der Waals surface area contributed by atoms with Gasteiger partial charge in [-0.2, -0.15) is 10.1 Å². The molecule has 1 heterocycles. The fourth-order valence-electron chi connectivity index (χ4n) is 2.67. The smallest absolute Gasteiger partial charge is 0.247 e. The molecule has 0 atom stereocenters. The molecule has 5 nitrogen and oxygen atoms in total. The SMILES string of the molecule is CCN(Cc1ccccc1)c1nncc(N(C)Cc2ccccc2)n1. The van der Waals surface area contributed by atoms with Crippen LogP contribution in [0, 0.1) is 0 Å². The van der Waals surface area contributed by atoms with Crippen LogP contribution in [-0.2, 0) is 13.1 Å². The minimum Gasteiger partial charge on any atom is -0.354 e. The maximum absolute atomic E-state index is 4.71. The van der Waals surface area contributed by atoms with E-state index in [0.717, 1.165) is 25.5 Å². The van der Waals surface area contributed by atoms with Gasteiger partial charge in [-0.15, -0.1) is 5.10 Å². The van der Waals surface area contributed by atoms with Gasteiger partial charge in [0.15, 0.2) is 5.82 Å². The van der Waals surface area contributed by atoms with E-state index in [4.69, 9.17) is 4.98 Å². The summed E-state index contributed by atoms with van der Waals surface area (Å²) in [5.74, 6) is 1.48. The van der Waals surface area contributed by atoms with Crippen molar-refractivity contribution in [3.63, 3.8) is 0 Å². The lowest BCUT2D eigenvalue weighted by atomic mass is 10.2. The number of benzene rings is 2. The Balaban J connectivity index is 1.75. The number of hydrogen-bond donors (Lipinski definition) is 0. The van der Waals surface area contributed by atoms with Crippen molar-refractivity contribution in [2.24, 2.45) is 0 Å². The average Bonchev–Trinajstić information content (AvgIpc) is 2.68. The highest BCUT2D eigenvalue weighted by Gasteiger charge is 2.12. The van der Waals surface area contributed by atoms with Crippen LogP contribution in [0.4, 0.5) is 11.8 Å². The molecule has 0 saturated carbocycles. The minimum absolute atomic E-state index is 0.656. The zero-order valence-electron chi connectivity index (χ0n) is 14.7. The van der Waals surface area contributed by atoms with Crippen LogP contribution in [0.1, 0.15) is 18.1 Å². The van der Waals surface area contributed by atoms with Crippen LogP contribution in [0.15, 0.2) is 66.9 Å². The fourth-order valence-corrected chi connectivity index (χ4v) is 2.67. The van der Waals surface area contributed by atoms with Gasteiger partial charge in [0.25, 0.3) is 0 Å². The molecule has 0 bridgehead atoms. The summed E-state index contributed by atoms with van der Waals surface area (Å²) >= 11 is 0. The monoisotopic (exact) mass is 333 g/mol. The molecule has 0 aliphatic carbocycles. The normalized spacial score (nSPS) is 10.5. The molecule has 5 heteroatoms. The molecular weight excluding hydrogens is 310 g/mol. The molecule has 3 rings (SSSR count). The lowest BCUT2D eigenvalue weighted by Gasteiger charge is -2.23. The van der Waals surface area contributed by atoms with E-state index in [9.17, 15) is 0 Å². The molecule has 128 valence electrons. The topological polar surface area (TPSA) is 45.2 Å². The van der Waals surface area contributed by atoms with E-state index < -0.39 is 0 Å². The van der Waals surface area contributed by atoms with Crippen LogP contribution in [0.3, 0.4) is 0 Å². The molecule has 0 fully saturated rings. The van der Waals surface area contributed by atoms with Crippen LogP contribution in [0.5, 0.6) is 0 Å². The van der Waals surface area contributed by atoms with E-state index in [1.165, 1.54) is 11.1 Å². The summed E-state index contributed by atoms with van der Waals surface area (Å²) in [6.45, 7) is 4.48. The Hall–Kier alpha value is -2.95. The van der Waals surface area contributed by atoms with E-state index in [1.54, 1.807) is 6.20 Å². The Morgan fingerprint density at radius 3 is 2.04 bits per heavy atom. The van der Waals surface area contributed by atoms with Crippen molar-refractivity contribution >= 4 is 11.8 Å². The first-order chi connectivity index (χ1) is 12.3. The molecule has 0 radical (unpaired) electrons. The third-order valence-corrected chi connectivity index (χ3v) is 4.07. The van der Waals surface area contributed by atoms with Crippen LogP contribution in [-0.4, -0.2) is 28.8 Å². The van der Waals surface area contributed by atoms with E-state index in [0.29, 0.717) is 5.95 Å². The maximum Gasteiger partial charge on any atom is 0.247 e. The predicted molar refractivity (Wildman–Crippen MR) is 102 cm³/mol. The van der Waals surface area contributed by atoms with Crippen molar-refractivity contribution in [3.8, 4) is 0 Å². The van der Waals surface area contributed by atoms with E-state index in [1.807, 2.05) is 43.4 Å². The molecule has 0 unspecified atom stereocenters. The summed E-state index contributed by atoms with van der Waals surface area (Å²) in [5, 5.41) is 8.40. The molecule has 1 aromatic heterocycles. The number of nitrogens with zero attached hydrogens (tertiary/aromatic N) is 5. The van der Waals surface area contributed by atoms with Gasteiger partial charge >= 0.3 is 0 Å². The standard InChI is InChI=1S/C20H23N5/c1-3-25(16-18-12-8-5-9-13-18)20-22-19(14-21-23-20)24(2)15-17-10-6-4-7-11-17/h4-14H,3,15-16H2,1-2H3. The first kappa shape index (κ1) is 16.9. The Labute approximate surface area is 149 Å². The highest BCUT2D eigenvalue weighted by atomic mass is 15.3. The Kier molecular flexibility index (Phi) is 5.57. The first-order valence-corrected chi connectivity index (χ1v) is 8.50. The van der Waals surface area contributed by atoms with Crippen molar-refractivity contribution in [1.29, 1.82) is 0 Å². The third-order valence-electron chi connectivity index (χ3n) is 4.07. The van der Waals surface area contributed by atoms with Gasteiger partial charge in [0.1, 0.15) is 0 Å². The lowest BCUT2D eigenvalue weighted by molar-refractivity contribution is 0.760. The molecule has 0 spiro atoms. The molecular formula is C20H23N5. The van der Waals surface area contributed by atoms with Crippen LogP contribution in [0.25, 0.3) is 0 Å². The van der Waals surface area contributed by atoms with Gasteiger partial charge in [0.05, 0.1) is 6.20 Å². The molecule has 0 saturated heterocycles. The lowest BCUT2D eigenvalue weighted by Crippen LogP contribution is -2.26. The quantitative estimate of drug-likeness (QED) is 0.662. The number of aromatic nitrogens is 3. The zero-order valence-corrected chi connectivity index (χ0v) is 14.7. The van der Waals surface area contributed by atoms with Crippen LogP contribution < -0.4 is 9.80 Å². The van der Waals surface area contributed by atoms with Crippen molar-refractivity contribution < 1.29 is 0 Å². The minimum atomic E-state index is 0.656. The van der Waals surface area contributed by atoms with Crippen molar-refractivity contribution in [1.82, 2.24) is 15.2 Å². The van der Waals surface area contributed by atoms with Crippen LogP contribution >= 0.6 is 0 Å². The zero-order chi connectivity index (χ0) is 17.5. The summed E-state index contributed by atoms with van der Waals surface area (Å²) in [6.07, 6.45) is 1.71. The second-order valence-electron chi connectivity index (χ2n) is 5.96. The second-order valence-corrected chi connectivity index (χ2v) is 5.96. The van der Waals surface area contributed by atoms with E-state index >= 15 is 0 Å². The van der Waals surface area contributed by atoms with Gasteiger partial charge in [0, 0.05) is 26.7 Å². The van der Waals surface area contributed by atoms with Gasteiger partial charge in [-0.1, -0.05) is 60.7 Å². The Morgan fingerprint density at radius 2 is 1.44 bits per heavy atom. The predicted octanol–water partition coefficient (Wildman–Crippen LogP) is 3.53. The van der Waals surface area contributed by atoms with E-state index in [-0.39, 0.29) is 0 Å². The summed E-state index contributed by atoms with van der Waals surface area (Å²) in [5.41, 5.74) is 2.47. The van der Waals surface area contributed by atoms with Gasteiger partial charge < -0.3 is 9.80 Å². The second kappa shape index (κ2) is 8.24.